The number of aliphatic hydroxyl groups excluding tert-OH is 1. The molecule has 6 rings (SSSR count). The Morgan fingerprint density at radius 1 is 0.554 bits per heavy atom. The Balaban J connectivity index is 1.51. The first-order valence-electron chi connectivity index (χ1n) is 43.5. The van der Waals surface area contributed by atoms with Gasteiger partial charge in [-0.2, -0.15) is 0 Å². The number of hydrogen-bond acceptors (Lipinski definition) is 23. The number of carboxylic acid groups (broad SMARTS) is 1. The number of nitrogens with one attached hydrogen (secondary N) is 16. The third-order valence-corrected chi connectivity index (χ3v) is 24.9. The molecule has 0 aliphatic carbocycles. The first-order valence-corrected chi connectivity index (χ1v) is 46.0. The van der Waals surface area contributed by atoms with Crippen LogP contribution in [0.4, 0.5) is 0 Å². The van der Waals surface area contributed by atoms with Crippen LogP contribution in [0, 0.1) is 29.6 Å². The van der Waals surface area contributed by atoms with Gasteiger partial charge in [0, 0.05) is 79.6 Å². The predicted octanol–water partition coefficient (Wildman–Crippen LogP) is -2.18. The summed E-state index contributed by atoms with van der Waals surface area (Å²) in [6, 6.07) is -9.35. The van der Waals surface area contributed by atoms with Gasteiger partial charge in [0.25, 0.3) is 0 Å². The largest absolute Gasteiger partial charge is 0.481 e. The molecule has 19 atom stereocenters. The van der Waals surface area contributed by atoms with Crippen LogP contribution in [-0.2, 0) is 110 Å². The van der Waals surface area contributed by atoms with Gasteiger partial charge in [-0.15, -0.1) is 0 Å². The molecule has 2 aliphatic heterocycles. The molecule has 24 N–H and O–H groups in total. The number of para-hydroxylation sites is 1. The number of fused-ring (bicyclic) bond motifs is 2. The van der Waals surface area contributed by atoms with Crippen molar-refractivity contribution in [2.75, 3.05) is 18.1 Å². The number of primary amides is 3. The van der Waals surface area contributed by atoms with Gasteiger partial charge in [0.15, 0.2) is 0 Å². The van der Waals surface area contributed by atoms with Gasteiger partial charge in [-0.1, -0.05) is 159 Å². The molecule has 0 bridgehead atoms. The Bertz CT molecular complexity index is 4630. The van der Waals surface area contributed by atoms with Crippen molar-refractivity contribution in [3.63, 3.8) is 0 Å². The summed E-state index contributed by atoms with van der Waals surface area (Å²) < 4.78 is 0. The summed E-state index contributed by atoms with van der Waals surface area (Å²) in [6.07, 6.45) is -0.541. The van der Waals surface area contributed by atoms with Gasteiger partial charge in [-0.3, -0.25) is 91.1 Å². The number of carbonyl (C=O) groups is 19. The summed E-state index contributed by atoms with van der Waals surface area (Å²) in [6.45, 7) is 18.8. The van der Waals surface area contributed by atoms with Gasteiger partial charge in [-0.25, -0.2) is 4.98 Å². The molecular weight excluding hydrogens is 1730 g/mol. The van der Waals surface area contributed by atoms with E-state index in [1.807, 2.05) is 0 Å². The molecule has 714 valence electrons. The predicted molar refractivity (Wildman–Crippen MR) is 479 cm³/mol. The molecule has 4 heterocycles. The Morgan fingerprint density at radius 2 is 1.11 bits per heavy atom. The average Bonchev–Trinajstić information content (AvgIpc) is 1.67. The molecule has 4 aromatic rings. The topological polar surface area (TPSA) is 659 Å². The fraction of sp³-hybridized carbons (Fsp3) is 0.581. The summed E-state index contributed by atoms with van der Waals surface area (Å²) in [4.78, 5) is 284. The number of imidazole rings is 1. The normalized spacial score (nSPS) is 22.0. The molecule has 2 saturated heterocycles. The highest BCUT2D eigenvalue weighted by atomic mass is 33.1. The van der Waals surface area contributed by atoms with Crippen LogP contribution >= 0.6 is 21.6 Å². The Hall–Kier alpha value is -12.2. The Labute approximate surface area is 761 Å². The number of rotatable bonds is 38. The maximum Gasteiger partial charge on any atom is 0.305 e. The summed E-state index contributed by atoms with van der Waals surface area (Å²) in [7, 11) is 1.47. The maximum atomic E-state index is 15.6. The zero-order valence-electron chi connectivity index (χ0n) is 75.2. The molecule has 0 unspecified atom stereocenters. The number of hydrogen-bond donors (Lipinski definition) is 21. The minimum absolute atomic E-state index is 0.0157. The third-order valence-electron chi connectivity index (χ3n) is 22.5. The number of aromatic amines is 2. The molecule has 44 heteroatoms. The fourth-order valence-electron chi connectivity index (χ4n) is 14.6. The van der Waals surface area contributed by atoms with E-state index < -0.39 is 264 Å². The molecule has 130 heavy (non-hydrogen) atoms. The number of H-pyrrole nitrogens is 2. The lowest BCUT2D eigenvalue weighted by atomic mass is 9.96. The molecule has 2 fully saturated rings. The van der Waals surface area contributed by atoms with Crippen LogP contribution in [0.25, 0.3) is 10.9 Å². The van der Waals surface area contributed by atoms with Crippen LogP contribution in [0.1, 0.15) is 171 Å². The van der Waals surface area contributed by atoms with E-state index in [1.165, 1.54) is 38.2 Å². The Morgan fingerprint density at radius 3 is 1.70 bits per heavy atom. The van der Waals surface area contributed by atoms with E-state index in [0.717, 1.165) is 21.6 Å². The highest BCUT2D eigenvalue weighted by molar-refractivity contribution is 8.76. The van der Waals surface area contributed by atoms with E-state index in [1.54, 1.807) is 123 Å². The van der Waals surface area contributed by atoms with Crippen LogP contribution in [0.15, 0.2) is 73.3 Å². The lowest BCUT2D eigenvalue weighted by molar-refractivity contribution is -0.143. The SMILES string of the molecule is CC[C@H](C)[C@H](NC(=O)[C@@H]1CSSC[C@H](NC(=O)[C@@H](NC(=O)[C@H](CCC(N)=O)NC(=O)[C@H](Cc2c[nH]c3ccccc23)NC(C)=O)[C@@H](C)CC)C(=O)N[C@@H](CC(=O)O)C(=O)N[C@@H]([C@@H](C)CC)C(=O)N[C@@H](CC(C)C)C(=O)N[C@@H]([C@@H](C)O)C(=O)N[C@@H](CC(C)C)C(=O)N2CCC[C@H]2C(=O)N[C@@H](Cc2cnc[nH]2)C(=O)N1)C(=O)N[C@@H](Cc1ccccc1)C(=O)N[C@@H](CC(N)=O)C(N)=O. The average molecular weight is 1860 g/mol. The van der Waals surface area contributed by atoms with Crippen LogP contribution in [-0.4, -0.2) is 257 Å². The van der Waals surface area contributed by atoms with Crippen molar-refractivity contribution in [3.8, 4) is 0 Å². The van der Waals surface area contributed by atoms with Crippen LogP contribution < -0.4 is 91.6 Å². The number of amides is 18. The lowest BCUT2D eigenvalue weighted by Gasteiger charge is -2.32. The second-order valence-electron chi connectivity index (χ2n) is 33.9. The standard InChI is InChI=1S/C86H127N21O21S2/c1-13-44(8)68-82(124)98-56(30-42(4)5)77(119)106-71(47(11)108)85(127)100-61(31-43(6)7)86(128)107-29-21-26-64(107)81(123)97-59(34-51-38-90-41-92-51)76(118)101-63(80(122)105-69(45(9)14-2)83(125)99-57(32-49-22-17-16-18-23-49)74(116)95-55(72(89)114)35-66(88)111)40-130-129-39-62(79(121)96-60(36-67(112)113)78(120)104-68)102-84(126)70(46(10)15-3)103-73(115)54(27-28-65(87)110)94-75(117)58(93-48(12)109)33-50-37-91-53-25-20-19-24-52(50)53/h16-20,22-25,37-38,41-47,54-64,68-71,91,108H,13-15,21,26-36,39-40H2,1-12H3,(H2,87,110)(H2,88,111)(H2,89,114)(H,90,92)(H,93,109)(H,94,117)(H,95,116)(H,96,121)(H,97,123)(H,98,124)(H,99,125)(H,100,127)(H,101,118)(H,102,126)(H,103,115)(H,104,120)(H,105,122)(H,106,119)(H,112,113)/t44-,45-,46-,47+,54-,55-,56-,57-,58-,59-,60-,61-,62-,63-,64-,68-,69-,70-,71-/m0/s1. The molecule has 0 radical (unpaired) electrons. The monoisotopic (exact) mass is 1850 g/mol. The second kappa shape index (κ2) is 51.8. The first-order chi connectivity index (χ1) is 61.4. The number of carbonyl (C=O) groups excluding carboxylic acids is 18. The summed E-state index contributed by atoms with van der Waals surface area (Å²) in [5, 5.41) is 58.8. The van der Waals surface area contributed by atoms with Crippen molar-refractivity contribution in [2.24, 2.45) is 46.8 Å². The van der Waals surface area contributed by atoms with Crippen LogP contribution in [0.2, 0.25) is 0 Å². The molecule has 2 aromatic carbocycles. The number of nitrogens with zero attached hydrogens (tertiary/aromatic N) is 2. The van der Waals surface area contributed by atoms with Crippen molar-refractivity contribution in [2.45, 2.75) is 270 Å². The zero-order valence-corrected chi connectivity index (χ0v) is 76.8. The second-order valence-corrected chi connectivity index (χ2v) is 36.4. The summed E-state index contributed by atoms with van der Waals surface area (Å²) >= 11 is 0. The minimum atomic E-state index is -2.12. The maximum absolute atomic E-state index is 15.6. The minimum Gasteiger partial charge on any atom is -0.481 e. The molecular formula is C86H127N21O21S2. The van der Waals surface area contributed by atoms with Crippen LogP contribution in [0.5, 0.6) is 0 Å². The molecule has 2 aliphatic rings. The Kier molecular flexibility index (Phi) is 42.5. The zero-order chi connectivity index (χ0) is 96.5. The van der Waals surface area contributed by atoms with E-state index in [2.05, 4.69) is 89.4 Å². The number of aliphatic carboxylic acids is 1. The fourth-order valence-corrected chi connectivity index (χ4v) is 17.0. The van der Waals surface area contributed by atoms with Gasteiger partial charge in [0.05, 0.1) is 25.3 Å². The van der Waals surface area contributed by atoms with Gasteiger partial charge in [0.2, 0.25) is 106 Å². The van der Waals surface area contributed by atoms with E-state index >= 15 is 33.6 Å². The van der Waals surface area contributed by atoms with E-state index in [4.69, 9.17) is 17.2 Å². The van der Waals surface area contributed by atoms with Gasteiger partial charge >= 0.3 is 5.97 Å². The molecule has 18 amide bonds. The summed E-state index contributed by atoms with van der Waals surface area (Å²) in [5.74, 6) is -24.3. The molecule has 0 spiro atoms. The highest BCUT2D eigenvalue weighted by Crippen LogP contribution is 2.27. The summed E-state index contributed by atoms with van der Waals surface area (Å²) in [5.41, 5.74) is 18.6. The smallest absolute Gasteiger partial charge is 0.305 e. The highest BCUT2D eigenvalue weighted by Gasteiger charge is 2.44. The van der Waals surface area contributed by atoms with Gasteiger partial charge < -0.3 is 117 Å². The number of nitrogens with two attached hydrogens (primary N) is 3. The van der Waals surface area contributed by atoms with Crippen molar-refractivity contribution in [3.05, 3.63) is 90.1 Å². The van der Waals surface area contributed by atoms with E-state index in [0.29, 0.717) is 22.0 Å². The number of carboxylic acids is 1. The van der Waals surface area contributed by atoms with Crippen molar-refractivity contribution < 1.29 is 101 Å². The molecule has 0 saturated carbocycles. The van der Waals surface area contributed by atoms with Crippen molar-refractivity contribution >= 4 is 145 Å². The third kappa shape index (κ3) is 33.1. The van der Waals surface area contributed by atoms with Gasteiger partial charge in [0.1, 0.15) is 90.6 Å². The van der Waals surface area contributed by atoms with E-state index in [-0.39, 0.29) is 88.3 Å². The quantitative estimate of drug-likeness (QED) is 0.0212. The van der Waals surface area contributed by atoms with Crippen molar-refractivity contribution in [1.82, 2.24) is 94.3 Å². The van der Waals surface area contributed by atoms with Crippen LogP contribution in [0.3, 0.4) is 0 Å². The number of aliphatic hydroxyl groups is 1. The number of aromatic nitrogens is 3. The van der Waals surface area contributed by atoms with Gasteiger partial charge in [-0.05, 0) is 85.8 Å². The molecule has 2 aromatic heterocycles. The number of benzene rings is 2. The van der Waals surface area contributed by atoms with E-state index in [9.17, 15) is 67.7 Å². The van der Waals surface area contributed by atoms with Crippen molar-refractivity contribution in [1.29, 1.82) is 0 Å². The molecule has 42 nitrogen and oxygen atoms in total. The first kappa shape index (κ1) is 107. The lowest BCUT2D eigenvalue weighted by Crippen LogP contribution is -2.63.